The number of amides is 1. The number of methoxy groups -OCH3 is 3. The number of hydrogen-bond donors (Lipinski definition) is 1. The summed E-state index contributed by atoms with van der Waals surface area (Å²) < 4.78 is 15.1. The van der Waals surface area contributed by atoms with E-state index in [1.54, 1.807) is 33.3 Å². The highest BCUT2D eigenvalue weighted by Gasteiger charge is 2.18. The third kappa shape index (κ3) is 5.09. The molecule has 0 aliphatic carbocycles. The van der Waals surface area contributed by atoms with Crippen LogP contribution in [0.2, 0.25) is 0 Å². The first-order valence-electron chi connectivity index (χ1n) is 7.53. The predicted octanol–water partition coefficient (Wildman–Crippen LogP) is 2.46. The molecule has 1 N–H and O–H groups in total. The van der Waals surface area contributed by atoms with Crippen LogP contribution in [-0.4, -0.2) is 54.4 Å². The summed E-state index contributed by atoms with van der Waals surface area (Å²) in [5.74, 6) is 0.735. The molecule has 0 unspecified atom stereocenters. The molecule has 1 aromatic heterocycles. The molecule has 1 aromatic carbocycles. The summed E-state index contributed by atoms with van der Waals surface area (Å²) in [5.41, 5.74) is 0.749. The Kier molecular flexibility index (Phi) is 7.22. The number of aromatic nitrogens is 2. The molecule has 2 aromatic rings. The van der Waals surface area contributed by atoms with Crippen molar-refractivity contribution in [2.24, 2.45) is 0 Å². The zero-order valence-corrected chi connectivity index (χ0v) is 16.4. The number of esters is 1. The van der Waals surface area contributed by atoms with E-state index in [1.165, 1.54) is 30.2 Å². The van der Waals surface area contributed by atoms with E-state index in [0.29, 0.717) is 21.6 Å². The Morgan fingerprint density at radius 2 is 2.00 bits per heavy atom. The lowest BCUT2D eigenvalue weighted by Crippen LogP contribution is -2.23. The highest BCUT2D eigenvalue weighted by atomic mass is 32.2. The van der Waals surface area contributed by atoms with E-state index in [1.807, 2.05) is 6.07 Å². The summed E-state index contributed by atoms with van der Waals surface area (Å²) in [6.07, 6.45) is 0. The van der Waals surface area contributed by atoms with Gasteiger partial charge in [0, 0.05) is 6.07 Å². The molecule has 0 saturated carbocycles. The van der Waals surface area contributed by atoms with Crippen LogP contribution < -0.4 is 14.8 Å². The van der Waals surface area contributed by atoms with Crippen molar-refractivity contribution in [2.45, 2.75) is 12.2 Å². The van der Waals surface area contributed by atoms with Gasteiger partial charge in [0.1, 0.15) is 11.5 Å². The van der Waals surface area contributed by atoms with Crippen LogP contribution in [0.3, 0.4) is 0 Å². The lowest BCUT2D eigenvalue weighted by molar-refractivity contribution is -0.137. The van der Waals surface area contributed by atoms with E-state index in [9.17, 15) is 9.59 Å². The SMILES string of the molecule is COC(=O)CS[C@@H](C)C(=O)Nc1nnc(-c2ccc(OC)cc2OC)s1. The molecule has 0 bridgehead atoms. The molecule has 8 nitrogen and oxygen atoms in total. The Hall–Kier alpha value is -2.33. The maximum atomic E-state index is 12.2. The third-order valence-electron chi connectivity index (χ3n) is 3.34. The number of ether oxygens (including phenoxy) is 3. The second-order valence-electron chi connectivity index (χ2n) is 5.00. The van der Waals surface area contributed by atoms with Crippen molar-refractivity contribution >= 4 is 40.1 Å². The number of carbonyl (C=O) groups excluding carboxylic acids is 2. The van der Waals surface area contributed by atoms with Crippen LogP contribution in [0.4, 0.5) is 5.13 Å². The first-order valence-corrected chi connectivity index (χ1v) is 9.40. The fourth-order valence-electron chi connectivity index (χ4n) is 1.89. The minimum atomic E-state index is -0.433. The molecule has 1 heterocycles. The number of nitrogens with one attached hydrogen (secondary N) is 1. The second kappa shape index (κ2) is 9.39. The third-order valence-corrected chi connectivity index (χ3v) is 5.33. The second-order valence-corrected chi connectivity index (χ2v) is 7.30. The maximum Gasteiger partial charge on any atom is 0.315 e. The summed E-state index contributed by atoms with van der Waals surface area (Å²) in [4.78, 5) is 23.3. The van der Waals surface area contributed by atoms with Crippen molar-refractivity contribution in [3.05, 3.63) is 18.2 Å². The number of benzene rings is 1. The highest BCUT2D eigenvalue weighted by molar-refractivity contribution is 8.01. The van der Waals surface area contributed by atoms with E-state index < -0.39 is 5.25 Å². The predicted molar refractivity (Wildman–Crippen MR) is 101 cm³/mol. The average Bonchev–Trinajstić information content (AvgIpc) is 3.13. The van der Waals surface area contributed by atoms with Gasteiger partial charge < -0.3 is 14.2 Å². The highest BCUT2D eigenvalue weighted by Crippen LogP contribution is 2.36. The average molecular weight is 397 g/mol. The van der Waals surface area contributed by atoms with Crippen molar-refractivity contribution in [1.82, 2.24) is 10.2 Å². The summed E-state index contributed by atoms with van der Waals surface area (Å²) >= 11 is 2.41. The van der Waals surface area contributed by atoms with Crippen molar-refractivity contribution in [2.75, 3.05) is 32.4 Å². The Balaban J connectivity index is 2.06. The van der Waals surface area contributed by atoms with E-state index >= 15 is 0 Å². The van der Waals surface area contributed by atoms with Crippen LogP contribution in [0.1, 0.15) is 6.92 Å². The van der Waals surface area contributed by atoms with Gasteiger partial charge in [-0.05, 0) is 19.1 Å². The van der Waals surface area contributed by atoms with Gasteiger partial charge in [0.25, 0.3) is 0 Å². The molecular weight excluding hydrogens is 378 g/mol. The van der Waals surface area contributed by atoms with Gasteiger partial charge >= 0.3 is 5.97 Å². The molecule has 26 heavy (non-hydrogen) atoms. The van der Waals surface area contributed by atoms with E-state index in [0.717, 1.165) is 5.56 Å². The number of carbonyl (C=O) groups is 2. The molecular formula is C16H19N3O5S2. The number of anilines is 1. The van der Waals surface area contributed by atoms with Gasteiger partial charge in [-0.15, -0.1) is 22.0 Å². The molecule has 0 saturated heterocycles. The minimum Gasteiger partial charge on any atom is -0.497 e. The van der Waals surface area contributed by atoms with E-state index in [-0.39, 0.29) is 17.6 Å². The molecule has 0 spiro atoms. The largest absolute Gasteiger partial charge is 0.497 e. The molecule has 1 amide bonds. The van der Waals surface area contributed by atoms with E-state index in [4.69, 9.17) is 9.47 Å². The van der Waals surface area contributed by atoms with Gasteiger partial charge in [0.05, 0.1) is 37.9 Å². The molecule has 1 atom stereocenters. The van der Waals surface area contributed by atoms with Crippen LogP contribution in [0, 0.1) is 0 Å². The monoisotopic (exact) mass is 397 g/mol. The number of hydrogen-bond acceptors (Lipinski definition) is 9. The van der Waals surface area contributed by atoms with Crippen LogP contribution in [0.5, 0.6) is 11.5 Å². The van der Waals surface area contributed by atoms with Gasteiger partial charge in [-0.1, -0.05) is 11.3 Å². The quantitative estimate of drug-likeness (QED) is 0.678. The molecule has 0 radical (unpaired) electrons. The Labute approximate surface area is 159 Å². The van der Waals surface area contributed by atoms with Crippen molar-refractivity contribution in [3.8, 4) is 22.1 Å². The van der Waals surface area contributed by atoms with Gasteiger partial charge in [0.15, 0.2) is 5.01 Å². The number of rotatable bonds is 8. The smallest absolute Gasteiger partial charge is 0.315 e. The zero-order valence-electron chi connectivity index (χ0n) is 14.8. The molecule has 0 aliphatic heterocycles. The fourth-order valence-corrected chi connectivity index (χ4v) is 3.38. The van der Waals surface area contributed by atoms with Crippen LogP contribution in [0.15, 0.2) is 18.2 Å². The molecule has 0 fully saturated rings. The Morgan fingerprint density at radius 3 is 2.65 bits per heavy atom. The number of nitrogens with zero attached hydrogens (tertiary/aromatic N) is 2. The fraction of sp³-hybridized carbons (Fsp3) is 0.375. The minimum absolute atomic E-state index is 0.107. The number of thioether (sulfide) groups is 1. The summed E-state index contributed by atoms with van der Waals surface area (Å²) in [6.45, 7) is 1.71. The first kappa shape index (κ1) is 20.0. The van der Waals surface area contributed by atoms with Gasteiger partial charge in [-0.3, -0.25) is 14.9 Å². The van der Waals surface area contributed by atoms with E-state index in [2.05, 4.69) is 20.3 Å². The zero-order chi connectivity index (χ0) is 19.1. The van der Waals surface area contributed by atoms with Crippen molar-refractivity contribution < 1.29 is 23.8 Å². The summed E-state index contributed by atoms with van der Waals surface area (Å²) in [6, 6.07) is 5.36. The Bertz CT molecular complexity index is 781. The van der Waals surface area contributed by atoms with Crippen molar-refractivity contribution in [3.63, 3.8) is 0 Å². The molecule has 140 valence electrons. The van der Waals surface area contributed by atoms with Crippen LogP contribution >= 0.6 is 23.1 Å². The van der Waals surface area contributed by atoms with Gasteiger partial charge in [0.2, 0.25) is 11.0 Å². The van der Waals surface area contributed by atoms with Crippen molar-refractivity contribution in [1.29, 1.82) is 0 Å². The maximum absolute atomic E-state index is 12.2. The normalized spacial score (nSPS) is 11.5. The first-order chi connectivity index (χ1) is 12.5. The lowest BCUT2D eigenvalue weighted by Gasteiger charge is -2.09. The molecule has 2 rings (SSSR count). The lowest BCUT2D eigenvalue weighted by atomic mass is 10.2. The Morgan fingerprint density at radius 1 is 1.23 bits per heavy atom. The van der Waals surface area contributed by atoms with Crippen LogP contribution in [0.25, 0.3) is 10.6 Å². The summed E-state index contributed by atoms with van der Waals surface area (Å²) in [7, 11) is 4.44. The summed E-state index contributed by atoms with van der Waals surface area (Å²) in [5, 5.41) is 11.3. The molecule has 0 aliphatic rings. The van der Waals surface area contributed by atoms with Crippen LogP contribution in [-0.2, 0) is 14.3 Å². The van der Waals surface area contributed by atoms with Gasteiger partial charge in [-0.25, -0.2) is 0 Å². The standard InChI is InChI=1S/C16H19N3O5S2/c1-9(25-8-13(20)24-4)14(21)17-16-19-18-15(26-16)11-6-5-10(22-2)7-12(11)23-3/h5-7,9H,8H2,1-4H3,(H,17,19,21)/t9-/m0/s1. The molecule has 10 heteroatoms. The topological polar surface area (TPSA) is 99.6 Å². The van der Waals surface area contributed by atoms with Gasteiger partial charge in [-0.2, -0.15) is 0 Å².